The van der Waals surface area contributed by atoms with Crippen molar-refractivity contribution in [2.45, 2.75) is 13.0 Å². The van der Waals surface area contributed by atoms with Gasteiger partial charge in [-0.05, 0) is 41.8 Å². The van der Waals surface area contributed by atoms with Gasteiger partial charge in [0.2, 0.25) is 0 Å². The van der Waals surface area contributed by atoms with Gasteiger partial charge in [0.15, 0.2) is 0 Å². The first-order valence-corrected chi connectivity index (χ1v) is 6.52. The van der Waals surface area contributed by atoms with Crippen LogP contribution >= 0.6 is 27.5 Å². The number of hydrogen-bond donors (Lipinski definition) is 1. The Hall–Kier alpha value is -0.830. The molecule has 0 spiro atoms. The van der Waals surface area contributed by atoms with E-state index in [2.05, 4.69) is 22.9 Å². The SMILES string of the molecule is Cc1c(Br)cccc1C(N)c1cccc(Cl)c1. The summed E-state index contributed by atoms with van der Waals surface area (Å²) in [6, 6.07) is 13.6. The van der Waals surface area contributed by atoms with Crippen molar-refractivity contribution in [3.8, 4) is 0 Å². The third kappa shape index (κ3) is 2.71. The second-order valence-corrected chi connectivity index (χ2v) is 5.28. The van der Waals surface area contributed by atoms with E-state index in [-0.39, 0.29) is 6.04 Å². The first-order valence-electron chi connectivity index (χ1n) is 5.35. The molecule has 3 heteroatoms. The van der Waals surface area contributed by atoms with E-state index in [1.165, 1.54) is 5.56 Å². The Morgan fingerprint density at radius 3 is 2.59 bits per heavy atom. The fourth-order valence-electron chi connectivity index (χ4n) is 1.84. The Balaban J connectivity index is 2.44. The van der Waals surface area contributed by atoms with E-state index in [1.807, 2.05) is 42.5 Å². The summed E-state index contributed by atoms with van der Waals surface area (Å²) in [7, 11) is 0. The van der Waals surface area contributed by atoms with Crippen LogP contribution in [0, 0.1) is 6.92 Å². The van der Waals surface area contributed by atoms with E-state index in [4.69, 9.17) is 17.3 Å². The van der Waals surface area contributed by atoms with Gasteiger partial charge in [-0.2, -0.15) is 0 Å². The fraction of sp³-hybridized carbons (Fsp3) is 0.143. The van der Waals surface area contributed by atoms with Crippen molar-refractivity contribution in [2.24, 2.45) is 5.73 Å². The average molecular weight is 311 g/mol. The zero-order valence-corrected chi connectivity index (χ0v) is 11.8. The van der Waals surface area contributed by atoms with E-state index >= 15 is 0 Å². The first kappa shape index (κ1) is 12.6. The minimum Gasteiger partial charge on any atom is -0.320 e. The van der Waals surface area contributed by atoms with Crippen LogP contribution in [0.1, 0.15) is 22.7 Å². The quantitative estimate of drug-likeness (QED) is 0.871. The molecule has 2 rings (SSSR count). The molecule has 0 amide bonds. The molecule has 17 heavy (non-hydrogen) atoms. The van der Waals surface area contributed by atoms with Gasteiger partial charge in [-0.15, -0.1) is 0 Å². The maximum absolute atomic E-state index is 6.28. The van der Waals surface area contributed by atoms with Gasteiger partial charge in [0.05, 0.1) is 6.04 Å². The summed E-state index contributed by atoms with van der Waals surface area (Å²) in [6.45, 7) is 2.06. The molecule has 1 atom stereocenters. The fourth-order valence-corrected chi connectivity index (χ4v) is 2.42. The first-order chi connectivity index (χ1) is 8.09. The van der Waals surface area contributed by atoms with Crippen LogP contribution in [-0.2, 0) is 0 Å². The second-order valence-electron chi connectivity index (χ2n) is 3.99. The number of nitrogens with two attached hydrogens (primary N) is 1. The topological polar surface area (TPSA) is 26.0 Å². The lowest BCUT2D eigenvalue weighted by atomic mass is 9.96. The summed E-state index contributed by atoms with van der Waals surface area (Å²) in [5.41, 5.74) is 9.58. The molecular formula is C14H13BrClN. The molecule has 0 bridgehead atoms. The number of rotatable bonds is 2. The maximum Gasteiger partial charge on any atom is 0.0555 e. The molecule has 2 aromatic rings. The Bertz CT molecular complexity index is 539. The van der Waals surface area contributed by atoms with E-state index in [0.29, 0.717) is 5.02 Å². The van der Waals surface area contributed by atoms with Crippen LogP contribution in [0.15, 0.2) is 46.9 Å². The summed E-state index contributed by atoms with van der Waals surface area (Å²) in [5, 5.41) is 0.714. The lowest BCUT2D eigenvalue weighted by Gasteiger charge is -2.16. The van der Waals surface area contributed by atoms with Gasteiger partial charge >= 0.3 is 0 Å². The van der Waals surface area contributed by atoms with Gasteiger partial charge in [0.25, 0.3) is 0 Å². The van der Waals surface area contributed by atoms with Crippen LogP contribution in [0.2, 0.25) is 5.02 Å². The lowest BCUT2D eigenvalue weighted by Crippen LogP contribution is -2.13. The third-order valence-corrected chi connectivity index (χ3v) is 3.95. The van der Waals surface area contributed by atoms with Gasteiger partial charge in [0.1, 0.15) is 0 Å². The molecule has 2 N–H and O–H groups in total. The predicted molar refractivity (Wildman–Crippen MR) is 76.4 cm³/mol. The van der Waals surface area contributed by atoms with Crippen LogP contribution in [0.25, 0.3) is 0 Å². The largest absolute Gasteiger partial charge is 0.320 e. The Kier molecular flexibility index (Phi) is 3.87. The summed E-state index contributed by atoms with van der Waals surface area (Å²) >= 11 is 9.50. The zero-order chi connectivity index (χ0) is 12.4. The molecule has 1 nitrogen and oxygen atoms in total. The van der Waals surface area contributed by atoms with Crippen molar-refractivity contribution in [3.05, 3.63) is 68.7 Å². The zero-order valence-electron chi connectivity index (χ0n) is 9.45. The molecule has 0 aliphatic heterocycles. The Morgan fingerprint density at radius 2 is 1.88 bits per heavy atom. The van der Waals surface area contributed by atoms with Gasteiger partial charge in [-0.3, -0.25) is 0 Å². The third-order valence-electron chi connectivity index (χ3n) is 2.85. The maximum atomic E-state index is 6.28. The van der Waals surface area contributed by atoms with Gasteiger partial charge in [-0.25, -0.2) is 0 Å². The molecule has 1 unspecified atom stereocenters. The van der Waals surface area contributed by atoms with Crippen molar-refractivity contribution in [2.75, 3.05) is 0 Å². The van der Waals surface area contributed by atoms with Gasteiger partial charge < -0.3 is 5.73 Å². The number of hydrogen-bond acceptors (Lipinski definition) is 1. The van der Waals surface area contributed by atoms with Crippen molar-refractivity contribution < 1.29 is 0 Å². The number of benzene rings is 2. The van der Waals surface area contributed by atoms with Crippen molar-refractivity contribution in [1.29, 1.82) is 0 Å². The highest BCUT2D eigenvalue weighted by Crippen LogP contribution is 2.28. The molecule has 2 aromatic carbocycles. The highest BCUT2D eigenvalue weighted by Gasteiger charge is 2.12. The molecule has 0 aliphatic rings. The summed E-state index contributed by atoms with van der Waals surface area (Å²) in [4.78, 5) is 0. The molecule has 0 heterocycles. The molecule has 0 aromatic heterocycles. The predicted octanol–water partition coefficient (Wildman–Crippen LogP) is 4.46. The van der Waals surface area contributed by atoms with E-state index in [1.54, 1.807) is 0 Å². The molecule has 0 aliphatic carbocycles. The number of halogens is 2. The highest BCUT2D eigenvalue weighted by molar-refractivity contribution is 9.10. The van der Waals surface area contributed by atoms with E-state index in [9.17, 15) is 0 Å². The van der Waals surface area contributed by atoms with Gasteiger partial charge in [0, 0.05) is 9.50 Å². The molecule has 0 radical (unpaired) electrons. The van der Waals surface area contributed by atoms with Crippen LogP contribution in [0.5, 0.6) is 0 Å². The minimum absolute atomic E-state index is 0.147. The summed E-state index contributed by atoms with van der Waals surface area (Å²) in [5.74, 6) is 0. The monoisotopic (exact) mass is 309 g/mol. The second kappa shape index (κ2) is 5.21. The standard InChI is InChI=1S/C14H13BrClN/c1-9-12(6-3-7-13(9)15)14(17)10-4-2-5-11(16)8-10/h2-8,14H,17H2,1H3. The molecule has 0 fully saturated rings. The highest BCUT2D eigenvalue weighted by atomic mass is 79.9. The normalized spacial score (nSPS) is 12.5. The van der Waals surface area contributed by atoms with Crippen molar-refractivity contribution >= 4 is 27.5 Å². The molecule has 0 saturated heterocycles. The van der Waals surface area contributed by atoms with E-state index < -0.39 is 0 Å². The average Bonchev–Trinajstić information content (AvgIpc) is 2.32. The van der Waals surface area contributed by atoms with Crippen LogP contribution < -0.4 is 5.73 Å². The van der Waals surface area contributed by atoms with Crippen LogP contribution in [-0.4, -0.2) is 0 Å². The van der Waals surface area contributed by atoms with Gasteiger partial charge in [-0.1, -0.05) is 51.8 Å². The molecule has 88 valence electrons. The van der Waals surface area contributed by atoms with E-state index in [0.717, 1.165) is 15.6 Å². The molecule has 0 saturated carbocycles. The van der Waals surface area contributed by atoms with Crippen molar-refractivity contribution in [1.82, 2.24) is 0 Å². The smallest absolute Gasteiger partial charge is 0.0555 e. The summed E-state index contributed by atoms with van der Waals surface area (Å²) in [6.07, 6.45) is 0. The summed E-state index contributed by atoms with van der Waals surface area (Å²) < 4.78 is 1.08. The molecular weight excluding hydrogens is 298 g/mol. The lowest BCUT2D eigenvalue weighted by molar-refractivity contribution is 0.860. The Labute approximate surface area is 115 Å². The Morgan fingerprint density at radius 1 is 1.18 bits per heavy atom. The van der Waals surface area contributed by atoms with Crippen LogP contribution in [0.3, 0.4) is 0 Å². The van der Waals surface area contributed by atoms with Crippen LogP contribution in [0.4, 0.5) is 0 Å². The van der Waals surface area contributed by atoms with Crippen molar-refractivity contribution in [3.63, 3.8) is 0 Å². The minimum atomic E-state index is -0.147.